The average molecular weight is 298 g/mol. The topological polar surface area (TPSA) is 21.3 Å². The summed E-state index contributed by atoms with van der Waals surface area (Å²) in [5.74, 6) is 0.795. The zero-order valence-corrected chi connectivity index (χ0v) is 12.1. The second-order valence-corrected chi connectivity index (χ2v) is 5.61. The molecule has 0 aliphatic heterocycles. The van der Waals surface area contributed by atoms with Crippen molar-refractivity contribution in [2.45, 2.75) is 32.2 Å². The molecule has 2 nitrogen and oxygen atoms in total. The van der Waals surface area contributed by atoms with Crippen molar-refractivity contribution >= 4 is 21.6 Å². The van der Waals surface area contributed by atoms with Gasteiger partial charge in [0.1, 0.15) is 0 Å². The first kappa shape index (κ1) is 12.9. The minimum atomic E-state index is 0.464. The third-order valence-corrected chi connectivity index (χ3v) is 3.82. The van der Waals surface area contributed by atoms with Crippen molar-refractivity contribution in [2.24, 2.45) is 5.92 Å². The molecule has 0 aromatic heterocycles. The molecule has 1 aromatic carbocycles. The molecular weight excluding hydrogens is 278 g/mol. The molecule has 1 unspecified atom stereocenters. The van der Waals surface area contributed by atoms with Gasteiger partial charge in [-0.2, -0.15) is 0 Å². The van der Waals surface area contributed by atoms with Crippen molar-refractivity contribution in [3.63, 3.8) is 0 Å². The van der Waals surface area contributed by atoms with Crippen LogP contribution in [0.4, 0.5) is 5.69 Å². The van der Waals surface area contributed by atoms with E-state index in [1.54, 1.807) is 7.11 Å². The number of anilines is 1. The summed E-state index contributed by atoms with van der Waals surface area (Å²) >= 11 is 3.52. The zero-order valence-electron chi connectivity index (χ0n) is 10.5. The van der Waals surface area contributed by atoms with Crippen LogP contribution in [0.25, 0.3) is 0 Å². The van der Waals surface area contributed by atoms with Crippen LogP contribution in [0.5, 0.6) is 0 Å². The van der Waals surface area contributed by atoms with Gasteiger partial charge in [-0.3, -0.25) is 0 Å². The predicted octanol–water partition coefficient (Wildman–Crippen LogP) is 3.85. The molecule has 17 heavy (non-hydrogen) atoms. The van der Waals surface area contributed by atoms with Gasteiger partial charge in [0.2, 0.25) is 0 Å². The molecule has 1 fully saturated rings. The maximum Gasteiger partial charge on any atom is 0.0666 e. The minimum Gasteiger partial charge on any atom is -0.383 e. The smallest absolute Gasteiger partial charge is 0.0666 e. The molecule has 0 spiro atoms. The lowest BCUT2D eigenvalue weighted by Crippen LogP contribution is -2.27. The molecule has 1 N–H and O–H groups in total. The molecule has 0 amide bonds. The summed E-state index contributed by atoms with van der Waals surface area (Å²) in [5.41, 5.74) is 2.62. The zero-order chi connectivity index (χ0) is 12.3. The summed E-state index contributed by atoms with van der Waals surface area (Å²) in [5, 5.41) is 3.64. The van der Waals surface area contributed by atoms with E-state index in [4.69, 9.17) is 4.74 Å². The van der Waals surface area contributed by atoms with Crippen LogP contribution < -0.4 is 5.32 Å². The first-order chi connectivity index (χ1) is 8.24. The van der Waals surface area contributed by atoms with Crippen LogP contribution in [0.15, 0.2) is 22.7 Å². The van der Waals surface area contributed by atoms with E-state index in [0.717, 1.165) is 23.4 Å². The molecule has 0 saturated heterocycles. The highest BCUT2D eigenvalue weighted by Crippen LogP contribution is 2.35. The average Bonchev–Trinajstić information content (AvgIpc) is 3.14. The van der Waals surface area contributed by atoms with Crippen molar-refractivity contribution in [2.75, 3.05) is 19.0 Å². The number of methoxy groups -OCH3 is 1. The highest BCUT2D eigenvalue weighted by Gasteiger charge is 2.31. The fourth-order valence-corrected chi connectivity index (χ4v) is 2.58. The minimum absolute atomic E-state index is 0.464. The van der Waals surface area contributed by atoms with Crippen LogP contribution in [0, 0.1) is 5.92 Å². The Bertz CT molecular complexity index is 376. The van der Waals surface area contributed by atoms with Crippen molar-refractivity contribution < 1.29 is 4.74 Å². The number of nitrogens with one attached hydrogen (secondary N) is 1. The van der Waals surface area contributed by atoms with E-state index in [1.807, 2.05) is 0 Å². The third-order valence-electron chi connectivity index (χ3n) is 3.33. The van der Waals surface area contributed by atoms with Crippen LogP contribution in [0.1, 0.15) is 25.3 Å². The van der Waals surface area contributed by atoms with Crippen LogP contribution >= 0.6 is 15.9 Å². The van der Waals surface area contributed by atoms with Gasteiger partial charge < -0.3 is 10.1 Å². The van der Waals surface area contributed by atoms with E-state index in [0.29, 0.717) is 6.04 Å². The van der Waals surface area contributed by atoms with E-state index in [-0.39, 0.29) is 0 Å². The lowest BCUT2D eigenvalue weighted by Gasteiger charge is -2.20. The Balaban J connectivity index is 2.10. The lowest BCUT2D eigenvalue weighted by atomic mass is 10.1. The van der Waals surface area contributed by atoms with Gasteiger partial charge >= 0.3 is 0 Å². The van der Waals surface area contributed by atoms with Crippen LogP contribution in [0.2, 0.25) is 0 Å². The second kappa shape index (κ2) is 5.87. The molecule has 94 valence electrons. The SMILES string of the molecule is CCc1cc(Br)ccc1NC(COC)C1CC1. The summed E-state index contributed by atoms with van der Waals surface area (Å²) in [6.07, 6.45) is 3.71. The van der Waals surface area contributed by atoms with Gasteiger partial charge in [0.15, 0.2) is 0 Å². The van der Waals surface area contributed by atoms with Crippen molar-refractivity contribution in [1.29, 1.82) is 0 Å². The summed E-state index contributed by atoms with van der Waals surface area (Å²) < 4.78 is 6.45. The number of halogens is 1. The van der Waals surface area contributed by atoms with E-state index < -0.39 is 0 Å². The summed E-state index contributed by atoms with van der Waals surface area (Å²) in [6, 6.07) is 6.91. The molecule has 1 aromatic rings. The number of ether oxygens (including phenoxy) is 1. The second-order valence-electron chi connectivity index (χ2n) is 4.70. The molecule has 0 heterocycles. The molecule has 3 heteroatoms. The largest absolute Gasteiger partial charge is 0.383 e. The van der Waals surface area contributed by atoms with Gasteiger partial charge in [0, 0.05) is 17.3 Å². The monoisotopic (exact) mass is 297 g/mol. The van der Waals surface area contributed by atoms with Crippen molar-refractivity contribution in [1.82, 2.24) is 0 Å². The number of hydrogen-bond donors (Lipinski definition) is 1. The fourth-order valence-electron chi connectivity index (χ4n) is 2.17. The van der Waals surface area contributed by atoms with E-state index in [1.165, 1.54) is 24.1 Å². The van der Waals surface area contributed by atoms with Gasteiger partial charge in [-0.25, -0.2) is 0 Å². The Morgan fingerprint density at radius 2 is 2.24 bits per heavy atom. The van der Waals surface area contributed by atoms with Gasteiger partial charge in [0.25, 0.3) is 0 Å². The molecule has 2 rings (SSSR count). The highest BCUT2D eigenvalue weighted by atomic mass is 79.9. The summed E-state index contributed by atoms with van der Waals surface area (Å²) in [6.45, 7) is 2.99. The number of benzene rings is 1. The third kappa shape index (κ3) is 3.46. The predicted molar refractivity (Wildman–Crippen MR) is 75.5 cm³/mol. The summed E-state index contributed by atoms with van der Waals surface area (Å²) in [7, 11) is 1.78. The molecule has 1 atom stereocenters. The Morgan fingerprint density at radius 3 is 2.82 bits per heavy atom. The number of hydrogen-bond acceptors (Lipinski definition) is 2. The molecule has 0 radical (unpaired) electrons. The standard InChI is InChI=1S/C14H20BrNO/c1-3-10-8-12(15)6-7-13(10)16-14(9-17-2)11-4-5-11/h6-8,11,14,16H,3-5,9H2,1-2H3. The number of rotatable bonds is 6. The Labute approximate surface area is 112 Å². The van der Waals surface area contributed by atoms with Crippen LogP contribution in [-0.2, 0) is 11.2 Å². The van der Waals surface area contributed by atoms with Crippen molar-refractivity contribution in [3.8, 4) is 0 Å². The van der Waals surface area contributed by atoms with Gasteiger partial charge in [-0.05, 0) is 48.9 Å². The Kier molecular flexibility index (Phi) is 4.46. The van der Waals surface area contributed by atoms with Gasteiger partial charge in [-0.15, -0.1) is 0 Å². The molecule has 1 aliphatic rings. The fraction of sp³-hybridized carbons (Fsp3) is 0.571. The van der Waals surface area contributed by atoms with Gasteiger partial charge in [-0.1, -0.05) is 22.9 Å². The van der Waals surface area contributed by atoms with E-state index >= 15 is 0 Å². The Hall–Kier alpha value is -0.540. The maximum atomic E-state index is 5.30. The van der Waals surface area contributed by atoms with Crippen LogP contribution in [0.3, 0.4) is 0 Å². The van der Waals surface area contributed by atoms with Gasteiger partial charge in [0.05, 0.1) is 12.6 Å². The molecule has 1 saturated carbocycles. The Morgan fingerprint density at radius 1 is 1.47 bits per heavy atom. The van der Waals surface area contributed by atoms with E-state index in [9.17, 15) is 0 Å². The van der Waals surface area contributed by atoms with Crippen LogP contribution in [-0.4, -0.2) is 19.8 Å². The first-order valence-electron chi connectivity index (χ1n) is 6.28. The first-order valence-corrected chi connectivity index (χ1v) is 7.07. The lowest BCUT2D eigenvalue weighted by molar-refractivity contribution is 0.179. The maximum absolute atomic E-state index is 5.30. The van der Waals surface area contributed by atoms with E-state index in [2.05, 4.69) is 46.4 Å². The molecule has 1 aliphatic carbocycles. The molecule has 0 bridgehead atoms. The highest BCUT2D eigenvalue weighted by molar-refractivity contribution is 9.10. The summed E-state index contributed by atoms with van der Waals surface area (Å²) in [4.78, 5) is 0. The quantitative estimate of drug-likeness (QED) is 0.861. The van der Waals surface area contributed by atoms with Crippen molar-refractivity contribution in [3.05, 3.63) is 28.2 Å². The number of aryl methyl sites for hydroxylation is 1. The molecular formula is C14H20BrNO. The normalized spacial score (nSPS) is 16.9.